The third-order valence-electron chi connectivity index (χ3n) is 2.24. The topological polar surface area (TPSA) is 55.5 Å². The third kappa shape index (κ3) is 2.80. The van der Waals surface area contributed by atoms with Crippen LogP contribution in [-0.2, 0) is 4.84 Å². The minimum atomic E-state index is -0.638. The van der Waals surface area contributed by atoms with Crippen molar-refractivity contribution in [3.8, 4) is 0 Å². The van der Waals surface area contributed by atoms with E-state index in [9.17, 15) is 5.11 Å². The molecule has 0 fully saturated rings. The second-order valence-electron chi connectivity index (χ2n) is 3.67. The molecule has 3 nitrogen and oxygen atoms in total. The summed E-state index contributed by atoms with van der Waals surface area (Å²) < 4.78 is 0. The van der Waals surface area contributed by atoms with E-state index in [0.29, 0.717) is 5.92 Å². The fourth-order valence-corrected chi connectivity index (χ4v) is 1.29. The third-order valence-corrected chi connectivity index (χ3v) is 2.24. The molecule has 0 aliphatic carbocycles. The zero-order valence-electron chi connectivity index (χ0n) is 8.60. The predicted molar refractivity (Wildman–Crippen MR) is 55.6 cm³/mol. The van der Waals surface area contributed by atoms with Crippen LogP contribution in [0.2, 0.25) is 0 Å². The molecule has 3 heteroatoms. The van der Waals surface area contributed by atoms with Crippen LogP contribution in [0, 0.1) is 0 Å². The van der Waals surface area contributed by atoms with Gasteiger partial charge in [0.2, 0.25) is 0 Å². The monoisotopic (exact) mass is 195 g/mol. The lowest BCUT2D eigenvalue weighted by Gasteiger charge is -2.11. The van der Waals surface area contributed by atoms with Crippen LogP contribution in [0.25, 0.3) is 0 Å². The van der Waals surface area contributed by atoms with Gasteiger partial charge in [-0.25, -0.2) is 5.90 Å². The summed E-state index contributed by atoms with van der Waals surface area (Å²) in [6.07, 6.45) is -0.638. The fraction of sp³-hybridized carbons (Fsp3) is 0.455. The first-order chi connectivity index (χ1) is 6.65. The van der Waals surface area contributed by atoms with Gasteiger partial charge in [0.25, 0.3) is 0 Å². The highest BCUT2D eigenvalue weighted by molar-refractivity contribution is 5.26. The van der Waals surface area contributed by atoms with Gasteiger partial charge in [0.05, 0.1) is 6.61 Å². The molecule has 0 radical (unpaired) electrons. The van der Waals surface area contributed by atoms with Crippen molar-refractivity contribution in [3.63, 3.8) is 0 Å². The van der Waals surface area contributed by atoms with Crippen molar-refractivity contribution in [2.24, 2.45) is 5.90 Å². The summed E-state index contributed by atoms with van der Waals surface area (Å²) in [5.41, 5.74) is 2.09. The van der Waals surface area contributed by atoms with Crippen LogP contribution in [0.1, 0.15) is 37.0 Å². The van der Waals surface area contributed by atoms with Crippen LogP contribution in [0.15, 0.2) is 24.3 Å². The van der Waals surface area contributed by atoms with E-state index in [1.807, 2.05) is 24.3 Å². The normalized spacial score (nSPS) is 13.2. The molecule has 1 unspecified atom stereocenters. The Balaban J connectivity index is 2.72. The minimum absolute atomic E-state index is 0.126. The van der Waals surface area contributed by atoms with Crippen LogP contribution < -0.4 is 5.90 Å². The Labute approximate surface area is 84.5 Å². The van der Waals surface area contributed by atoms with Crippen LogP contribution in [-0.4, -0.2) is 11.7 Å². The van der Waals surface area contributed by atoms with Crippen molar-refractivity contribution in [1.29, 1.82) is 0 Å². The first kappa shape index (κ1) is 11.2. The van der Waals surface area contributed by atoms with Crippen LogP contribution >= 0.6 is 0 Å². The Morgan fingerprint density at radius 3 is 2.14 bits per heavy atom. The lowest BCUT2D eigenvalue weighted by atomic mass is 10.0. The molecule has 0 heterocycles. The van der Waals surface area contributed by atoms with E-state index < -0.39 is 6.10 Å². The van der Waals surface area contributed by atoms with E-state index in [0.717, 1.165) is 5.56 Å². The standard InChI is InChI=1S/C11H17NO2/c1-8(2)9-3-5-10(6-4-9)11(13)7-14-12/h3-6,8,11,13H,7,12H2,1-2H3. The Bertz CT molecular complexity index is 269. The molecule has 0 saturated carbocycles. The van der Waals surface area contributed by atoms with Gasteiger partial charge in [0.1, 0.15) is 6.10 Å². The molecule has 0 spiro atoms. The predicted octanol–water partition coefficient (Wildman–Crippen LogP) is 1.73. The Morgan fingerprint density at radius 2 is 1.71 bits per heavy atom. The summed E-state index contributed by atoms with van der Waals surface area (Å²) in [4.78, 5) is 4.39. The lowest BCUT2D eigenvalue weighted by molar-refractivity contribution is 0.0359. The van der Waals surface area contributed by atoms with Gasteiger partial charge in [0, 0.05) is 0 Å². The molecule has 0 aliphatic rings. The average Bonchev–Trinajstić information content (AvgIpc) is 2.18. The largest absolute Gasteiger partial charge is 0.386 e. The fourth-order valence-electron chi connectivity index (χ4n) is 1.29. The van der Waals surface area contributed by atoms with E-state index in [2.05, 4.69) is 18.7 Å². The van der Waals surface area contributed by atoms with Crippen LogP contribution in [0.5, 0.6) is 0 Å². The SMILES string of the molecule is CC(C)c1ccc(C(O)CON)cc1. The molecule has 78 valence electrons. The van der Waals surface area contributed by atoms with Gasteiger partial charge in [-0.2, -0.15) is 0 Å². The summed E-state index contributed by atoms with van der Waals surface area (Å²) in [5, 5.41) is 9.55. The second-order valence-corrected chi connectivity index (χ2v) is 3.67. The highest BCUT2D eigenvalue weighted by atomic mass is 16.6. The van der Waals surface area contributed by atoms with Crippen LogP contribution in [0.3, 0.4) is 0 Å². The second kappa shape index (κ2) is 5.10. The number of benzene rings is 1. The van der Waals surface area contributed by atoms with E-state index in [4.69, 9.17) is 5.90 Å². The molecule has 14 heavy (non-hydrogen) atoms. The molecule has 0 aliphatic heterocycles. The summed E-state index contributed by atoms with van der Waals surface area (Å²) in [6, 6.07) is 7.83. The van der Waals surface area contributed by atoms with Crippen molar-refractivity contribution >= 4 is 0 Å². The van der Waals surface area contributed by atoms with Crippen molar-refractivity contribution in [3.05, 3.63) is 35.4 Å². The lowest BCUT2D eigenvalue weighted by Crippen LogP contribution is -2.10. The first-order valence-electron chi connectivity index (χ1n) is 4.74. The average molecular weight is 195 g/mol. The molecule has 3 N–H and O–H groups in total. The maximum Gasteiger partial charge on any atom is 0.104 e. The highest BCUT2D eigenvalue weighted by Crippen LogP contribution is 2.18. The minimum Gasteiger partial charge on any atom is -0.386 e. The number of rotatable bonds is 4. The Hall–Kier alpha value is -0.900. The van der Waals surface area contributed by atoms with Crippen molar-refractivity contribution in [2.45, 2.75) is 25.9 Å². The maximum atomic E-state index is 9.55. The van der Waals surface area contributed by atoms with E-state index in [1.54, 1.807) is 0 Å². The van der Waals surface area contributed by atoms with Gasteiger partial charge in [-0.05, 0) is 17.0 Å². The van der Waals surface area contributed by atoms with Gasteiger partial charge in [-0.15, -0.1) is 0 Å². The van der Waals surface area contributed by atoms with Crippen molar-refractivity contribution in [1.82, 2.24) is 0 Å². The Kier molecular flexibility index (Phi) is 4.07. The number of aliphatic hydroxyl groups is 1. The molecule has 1 atom stereocenters. The molecule has 0 saturated heterocycles. The first-order valence-corrected chi connectivity index (χ1v) is 4.74. The molecule has 0 amide bonds. The van der Waals surface area contributed by atoms with Crippen molar-refractivity contribution in [2.75, 3.05) is 6.61 Å². The molecule has 1 aromatic carbocycles. The van der Waals surface area contributed by atoms with Gasteiger partial charge in [0.15, 0.2) is 0 Å². The van der Waals surface area contributed by atoms with Gasteiger partial charge < -0.3 is 9.94 Å². The summed E-state index contributed by atoms with van der Waals surface area (Å²) >= 11 is 0. The molecule has 0 bridgehead atoms. The maximum absolute atomic E-state index is 9.55. The van der Waals surface area contributed by atoms with Crippen LogP contribution in [0.4, 0.5) is 0 Å². The molecule has 1 aromatic rings. The quantitative estimate of drug-likeness (QED) is 0.719. The number of hydrogen-bond acceptors (Lipinski definition) is 3. The summed E-state index contributed by atoms with van der Waals surface area (Å²) in [7, 11) is 0. The molecule has 1 rings (SSSR count). The number of hydrogen-bond donors (Lipinski definition) is 2. The van der Waals surface area contributed by atoms with E-state index in [1.165, 1.54) is 5.56 Å². The zero-order valence-corrected chi connectivity index (χ0v) is 8.60. The Morgan fingerprint density at radius 1 is 1.21 bits per heavy atom. The zero-order chi connectivity index (χ0) is 10.6. The molecular weight excluding hydrogens is 178 g/mol. The van der Waals surface area contributed by atoms with Gasteiger partial charge in [-0.1, -0.05) is 38.1 Å². The summed E-state index contributed by atoms with van der Waals surface area (Å²) in [5.74, 6) is 5.39. The number of aliphatic hydroxyl groups excluding tert-OH is 1. The highest BCUT2D eigenvalue weighted by Gasteiger charge is 2.07. The van der Waals surface area contributed by atoms with Crippen molar-refractivity contribution < 1.29 is 9.94 Å². The summed E-state index contributed by atoms with van der Waals surface area (Å²) in [6.45, 7) is 4.39. The van der Waals surface area contributed by atoms with Gasteiger partial charge >= 0.3 is 0 Å². The molecular formula is C11H17NO2. The molecule has 0 aromatic heterocycles. The number of nitrogens with two attached hydrogens (primary N) is 1. The van der Waals surface area contributed by atoms with Gasteiger partial charge in [-0.3, -0.25) is 0 Å². The van der Waals surface area contributed by atoms with E-state index >= 15 is 0 Å². The van der Waals surface area contributed by atoms with E-state index in [-0.39, 0.29) is 6.61 Å². The smallest absolute Gasteiger partial charge is 0.104 e.